The van der Waals surface area contributed by atoms with E-state index in [1.165, 1.54) is 11.3 Å². The van der Waals surface area contributed by atoms with E-state index in [4.69, 9.17) is 33.3 Å². The summed E-state index contributed by atoms with van der Waals surface area (Å²) >= 11 is 13.0. The van der Waals surface area contributed by atoms with Crippen molar-refractivity contribution in [1.29, 1.82) is 0 Å². The molecule has 0 fully saturated rings. The molecule has 1 heterocycles. The fourth-order valence-corrected chi connectivity index (χ4v) is 4.37. The first-order chi connectivity index (χ1) is 14.4. The zero-order valence-corrected chi connectivity index (χ0v) is 19.3. The number of carbonyl (C=O) groups is 1. The van der Waals surface area contributed by atoms with E-state index in [2.05, 4.69) is 24.5 Å². The molecule has 0 aliphatic rings. The van der Waals surface area contributed by atoms with Gasteiger partial charge in [0.15, 0.2) is 5.11 Å². The van der Waals surface area contributed by atoms with Crippen LogP contribution in [-0.2, 0) is 0 Å². The number of rotatable bonds is 7. The van der Waals surface area contributed by atoms with E-state index >= 15 is 0 Å². The number of halogens is 1. The molecule has 0 saturated carbocycles. The topological polar surface area (TPSA) is 59.6 Å². The molecular weight excluding hydrogens is 440 g/mol. The second kappa shape index (κ2) is 10.1. The Hall–Kier alpha value is -2.35. The van der Waals surface area contributed by atoms with E-state index in [0.29, 0.717) is 28.2 Å². The molecule has 158 valence electrons. The molecular formula is C22H23ClN2O3S2. The Morgan fingerprint density at radius 3 is 2.73 bits per heavy atom. The minimum atomic E-state index is -0.359. The number of hydrogen-bond acceptors (Lipinski definition) is 5. The van der Waals surface area contributed by atoms with Crippen molar-refractivity contribution in [2.75, 3.05) is 19.0 Å². The normalized spacial score (nSPS) is 10.8. The molecule has 0 radical (unpaired) electrons. The summed E-state index contributed by atoms with van der Waals surface area (Å²) in [6.45, 7) is 4.96. The van der Waals surface area contributed by atoms with Gasteiger partial charge in [0, 0.05) is 21.8 Å². The standard InChI is InChI=1S/C22H23ClN2O3S2/c1-13(2)9-10-28-16-6-4-5-14(11-16)24-22(29)25-21(26)20-19(23)17-8-7-15(27-3)12-18(17)30-20/h4-8,11-13H,9-10H2,1-3H3,(H2,24,25,26,29). The monoisotopic (exact) mass is 462 g/mol. The highest BCUT2D eigenvalue weighted by molar-refractivity contribution is 7.80. The lowest BCUT2D eigenvalue weighted by molar-refractivity contribution is 0.0982. The van der Waals surface area contributed by atoms with Gasteiger partial charge in [-0.05, 0) is 54.9 Å². The Morgan fingerprint density at radius 1 is 1.20 bits per heavy atom. The third-order valence-electron chi connectivity index (χ3n) is 4.33. The number of amides is 1. The molecule has 5 nitrogen and oxygen atoms in total. The zero-order chi connectivity index (χ0) is 21.7. The average Bonchev–Trinajstić information content (AvgIpc) is 3.04. The fourth-order valence-electron chi connectivity index (χ4n) is 2.72. The molecule has 0 aliphatic carbocycles. The molecule has 0 saturated heterocycles. The Balaban J connectivity index is 1.64. The first kappa shape index (κ1) is 22.3. The van der Waals surface area contributed by atoms with Crippen molar-refractivity contribution in [3.8, 4) is 11.5 Å². The van der Waals surface area contributed by atoms with Gasteiger partial charge in [-0.2, -0.15) is 0 Å². The summed E-state index contributed by atoms with van der Waals surface area (Å²) in [6, 6.07) is 13.0. The highest BCUT2D eigenvalue weighted by Crippen LogP contribution is 2.37. The van der Waals surface area contributed by atoms with Crippen LogP contribution in [0.1, 0.15) is 29.9 Å². The number of thiophene rings is 1. The van der Waals surface area contributed by atoms with E-state index in [-0.39, 0.29) is 11.0 Å². The minimum absolute atomic E-state index is 0.186. The summed E-state index contributed by atoms with van der Waals surface area (Å²) in [5, 5.41) is 7.09. The second-order valence-corrected chi connectivity index (χ2v) is 8.91. The maximum atomic E-state index is 12.7. The quantitative estimate of drug-likeness (QED) is 0.414. The summed E-state index contributed by atoms with van der Waals surface area (Å²) in [5.41, 5.74) is 0.731. The molecule has 30 heavy (non-hydrogen) atoms. The first-order valence-electron chi connectivity index (χ1n) is 9.48. The van der Waals surface area contributed by atoms with Crippen LogP contribution in [0.5, 0.6) is 11.5 Å². The predicted molar refractivity (Wildman–Crippen MR) is 128 cm³/mol. The van der Waals surface area contributed by atoms with Crippen molar-refractivity contribution in [2.24, 2.45) is 5.92 Å². The van der Waals surface area contributed by atoms with Gasteiger partial charge in [0.1, 0.15) is 16.4 Å². The Bertz CT molecular complexity index is 1070. The third-order valence-corrected chi connectivity index (χ3v) is 6.19. The van der Waals surface area contributed by atoms with Crippen LogP contribution in [-0.4, -0.2) is 24.7 Å². The van der Waals surface area contributed by atoms with Crippen LogP contribution >= 0.6 is 35.2 Å². The molecule has 0 unspecified atom stereocenters. The Labute approximate surface area is 190 Å². The number of nitrogens with one attached hydrogen (secondary N) is 2. The van der Waals surface area contributed by atoms with Gasteiger partial charge in [0.2, 0.25) is 0 Å². The summed E-state index contributed by atoms with van der Waals surface area (Å²) < 4.78 is 11.9. The first-order valence-corrected chi connectivity index (χ1v) is 11.1. The Kier molecular flexibility index (Phi) is 7.53. The molecule has 0 aliphatic heterocycles. The fraction of sp³-hybridized carbons (Fsp3) is 0.273. The number of carbonyl (C=O) groups excluding carboxylic acids is 1. The van der Waals surface area contributed by atoms with Gasteiger partial charge >= 0.3 is 0 Å². The molecule has 2 aromatic carbocycles. The van der Waals surface area contributed by atoms with Gasteiger partial charge in [-0.25, -0.2) is 0 Å². The third kappa shape index (κ3) is 5.62. The van der Waals surface area contributed by atoms with Crippen LogP contribution in [0.15, 0.2) is 42.5 Å². The molecule has 8 heteroatoms. The molecule has 0 spiro atoms. The van der Waals surface area contributed by atoms with Crippen LogP contribution in [0.4, 0.5) is 5.69 Å². The Morgan fingerprint density at radius 2 is 2.00 bits per heavy atom. The predicted octanol–water partition coefficient (Wildman–Crippen LogP) is 6.12. The van der Waals surface area contributed by atoms with E-state index < -0.39 is 0 Å². The van der Waals surface area contributed by atoms with E-state index in [9.17, 15) is 4.79 Å². The molecule has 3 rings (SSSR count). The molecule has 2 N–H and O–H groups in total. The number of hydrogen-bond donors (Lipinski definition) is 2. The smallest absolute Gasteiger partial charge is 0.269 e. The van der Waals surface area contributed by atoms with E-state index in [0.717, 1.165) is 27.9 Å². The number of methoxy groups -OCH3 is 1. The van der Waals surface area contributed by atoms with E-state index in [1.807, 2.05) is 42.5 Å². The highest BCUT2D eigenvalue weighted by Gasteiger charge is 2.18. The van der Waals surface area contributed by atoms with Gasteiger partial charge in [0.05, 0.1) is 18.7 Å². The van der Waals surface area contributed by atoms with Crippen LogP contribution in [0, 0.1) is 5.92 Å². The van der Waals surface area contributed by atoms with Gasteiger partial charge in [-0.1, -0.05) is 31.5 Å². The van der Waals surface area contributed by atoms with Crippen molar-refractivity contribution < 1.29 is 14.3 Å². The van der Waals surface area contributed by atoms with Crippen LogP contribution < -0.4 is 20.1 Å². The zero-order valence-electron chi connectivity index (χ0n) is 17.0. The lowest BCUT2D eigenvalue weighted by Crippen LogP contribution is -2.33. The molecule has 0 atom stereocenters. The maximum absolute atomic E-state index is 12.7. The maximum Gasteiger partial charge on any atom is 0.269 e. The molecule has 0 bridgehead atoms. The van der Waals surface area contributed by atoms with Crippen LogP contribution in [0.3, 0.4) is 0 Å². The van der Waals surface area contributed by atoms with E-state index in [1.54, 1.807) is 7.11 Å². The minimum Gasteiger partial charge on any atom is -0.497 e. The largest absolute Gasteiger partial charge is 0.497 e. The number of benzene rings is 2. The van der Waals surface area contributed by atoms with Gasteiger partial charge in [-0.15, -0.1) is 11.3 Å². The van der Waals surface area contributed by atoms with Gasteiger partial charge in [-0.3, -0.25) is 10.1 Å². The van der Waals surface area contributed by atoms with Crippen LogP contribution in [0.25, 0.3) is 10.1 Å². The summed E-state index contributed by atoms with van der Waals surface area (Å²) in [7, 11) is 1.60. The SMILES string of the molecule is COc1ccc2c(Cl)c(C(=O)NC(=S)Nc3cccc(OCCC(C)C)c3)sc2c1. The lowest BCUT2D eigenvalue weighted by atomic mass is 10.1. The van der Waals surface area contributed by atoms with Crippen LogP contribution in [0.2, 0.25) is 5.02 Å². The van der Waals surface area contributed by atoms with Gasteiger partial charge < -0.3 is 14.8 Å². The summed E-state index contributed by atoms with van der Waals surface area (Å²) in [6.07, 6.45) is 0.980. The highest BCUT2D eigenvalue weighted by atomic mass is 35.5. The lowest BCUT2D eigenvalue weighted by Gasteiger charge is -2.12. The summed E-state index contributed by atoms with van der Waals surface area (Å²) in [5.74, 6) is 1.68. The number of thiocarbonyl (C=S) groups is 1. The van der Waals surface area contributed by atoms with Crippen molar-refractivity contribution in [1.82, 2.24) is 5.32 Å². The molecule has 1 aromatic heterocycles. The van der Waals surface area contributed by atoms with Crippen molar-refractivity contribution in [3.63, 3.8) is 0 Å². The number of anilines is 1. The van der Waals surface area contributed by atoms with Crippen molar-refractivity contribution in [3.05, 3.63) is 52.4 Å². The summed E-state index contributed by atoms with van der Waals surface area (Å²) in [4.78, 5) is 13.1. The molecule has 3 aromatic rings. The van der Waals surface area contributed by atoms with Gasteiger partial charge in [0.25, 0.3) is 5.91 Å². The van der Waals surface area contributed by atoms with Crippen molar-refractivity contribution in [2.45, 2.75) is 20.3 Å². The number of fused-ring (bicyclic) bond motifs is 1. The second-order valence-electron chi connectivity index (χ2n) is 7.07. The average molecular weight is 463 g/mol. The number of ether oxygens (including phenoxy) is 2. The van der Waals surface area contributed by atoms with Crippen molar-refractivity contribution >= 4 is 61.9 Å². The molecule has 1 amide bonds.